The zero-order valence-corrected chi connectivity index (χ0v) is 16.5. The average molecular weight is 412 g/mol. The van der Waals surface area contributed by atoms with Crippen molar-refractivity contribution in [2.75, 3.05) is 13.1 Å². The second-order valence-electron chi connectivity index (χ2n) is 6.75. The number of amides is 1. The number of halogens is 2. The summed E-state index contributed by atoms with van der Waals surface area (Å²) in [6, 6.07) is 16.4. The van der Waals surface area contributed by atoms with Gasteiger partial charge in [0, 0.05) is 24.9 Å². The molecule has 5 nitrogen and oxygen atoms in total. The first-order valence-electron chi connectivity index (χ1n) is 9.32. The molecular weight excluding hydrogens is 393 g/mol. The highest BCUT2D eigenvalue weighted by atomic mass is 35.5. The van der Waals surface area contributed by atoms with Gasteiger partial charge in [0.2, 0.25) is 0 Å². The number of hydrogen-bond acceptors (Lipinski definition) is 2. The van der Waals surface area contributed by atoms with E-state index in [0.29, 0.717) is 25.2 Å². The van der Waals surface area contributed by atoms with E-state index >= 15 is 0 Å². The molecule has 1 aromatic heterocycles. The zero-order valence-electron chi connectivity index (χ0n) is 15.8. The van der Waals surface area contributed by atoms with Crippen molar-refractivity contribution in [3.63, 3.8) is 0 Å². The molecule has 7 heteroatoms. The summed E-state index contributed by atoms with van der Waals surface area (Å²) in [7, 11) is 0. The smallest absolute Gasteiger partial charge is 0.407 e. The molecule has 1 amide bonds. The third-order valence-corrected chi connectivity index (χ3v) is 5.37. The molecule has 148 valence electrons. The van der Waals surface area contributed by atoms with Crippen molar-refractivity contribution in [1.29, 1.82) is 0 Å². The molecule has 0 spiro atoms. The van der Waals surface area contributed by atoms with Crippen molar-refractivity contribution in [3.05, 3.63) is 71.1 Å². The Morgan fingerprint density at radius 1 is 1.21 bits per heavy atom. The summed E-state index contributed by atoms with van der Waals surface area (Å²) in [5.74, 6) is -0.498. The SMILES string of the molecule is CCN(CCc1c2c(ccc3ccccc32)nn1-c1ccc(F)c(Cl)c1)C(=O)O. The quantitative estimate of drug-likeness (QED) is 0.470. The molecule has 0 bridgehead atoms. The van der Waals surface area contributed by atoms with Gasteiger partial charge in [-0.3, -0.25) is 0 Å². The van der Waals surface area contributed by atoms with Gasteiger partial charge in [-0.25, -0.2) is 13.9 Å². The van der Waals surface area contributed by atoms with Crippen LogP contribution in [-0.2, 0) is 6.42 Å². The van der Waals surface area contributed by atoms with Gasteiger partial charge in [0.1, 0.15) is 5.82 Å². The first kappa shape index (κ1) is 19.2. The molecular formula is C22H19ClFN3O2. The lowest BCUT2D eigenvalue weighted by molar-refractivity contribution is 0.148. The Labute approximate surface area is 171 Å². The minimum Gasteiger partial charge on any atom is -0.465 e. The maximum atomic E-state index is 13.7. The lowest BCUT2D eigenvalue weighted by Crippen LogP contribution is -2.31. The third kappa shape index (κ3) is 3.51. The van der Waals surface area contributed by atoms with Crippen LogP contribution in [0.2, 0.25) is 5.02 Å². The van der Waals surface area contributed by atoms with Gasteiger partial charge in [-0.15, -0.1) is 0 Å². The molecule has 29 heavy (non-hydrogen) atoms. The van der Waals surface area contributed by atoms with Crippen molar-refractivity contribution < 1.29 is 14.3 Å². The molecule has 4 rings (SSSR count). The van der Waals surface area contributed by atoms with Crippen LogP contribution in [0.15, 0.2) is 54.6 Å². The molecule has 0 saturated heterocycles. The molecule has 0 fully saturated rings. The van der Waals surface area contributed by atoms with E-state index in [1.54, 1.807) is 17.7 Å². The number of likely N-dealkylation sites (N-methyl/N-ethyl adjacent to an activating group) is 1. The number of carboxylic acid groups (broad SMARTS) is 1. The van der Waals surface area contributed by atoms with E-state index in [4.69, 9.17) is 16.7 Å². The van der Waals surface area contributed by atoms with Gasteiger partial charge < -0.3 is 10.0 Å². The highest BCUT2D eigenvalue weighted by molar-refractivity contribution is 6.30. The standard InChI is InChI=1S/C22H19ClFN3O2/c1-2-26(22(28)29)12-11-20-21-16-6-4-3-5-14(16)7-10-19(21)25-27(20)15-8-9-18(24)17(23)13-15/h3-10,13H,2,11-12H2,1H3,(H,28,29). The van der Waals surface area contributed by atoms with Crippen LogP contribution in [0.3, 0.4) is 0 Å². The molecule has 0 saturated carbocycles. The Bertz CT molecular complexity index is 1220. The Balaban J connectivity index is 1.93. The fourth-order valence-corrected chi connectivity index (χ4v) is 3.79. The minimum absolute atomic E-state index is 0.0126. The average Bonchev–Trinajstić information content (AvgIpc) is 3.09. The summed E-state index contributed by atoms with van der Waals surface area (Å²) in [6.45, 7) is 2.52. The zero-order chi connectivity index (χ0) is 20.5. The molecule has 0 aliphatic rings. The van der Waals surface area contributed by atoms with Crippen LogP contribution in [0.5, 0.6) is 0 Å². The molecule has 3 aromatic carbocycles. The highest BCUT2D eigenvalue weighted by Crippen LogP contribution is 2.31. The number of rotatable bonds is 5. The number of nitrogens with zero attached hydrogens (tertiary/aromatic N) is 3. The fraction of sp³-hybridized carbons (Fsp3) is 0.182. The number of fused-ring (bicyclic) bond motifs is 3. The van der Waals surface area contributed by atoms with Gasteiger partial charge >= 0.3 is 6.09 Å². The summed E-state index contributed by atoms with van der Waals surface area (Å²) in [5, 5.41) is 17.2. The van der Waals surface area contributed by atoms with E-state index in [9.17, 15) is 14.3 Å². The summed E-state index contributed by atoms with van der Waals surface area (Å²) in [5.41, 5.74) is 2.28. The predicted octanol–water partition coefficient (Wildman–Crippen LogP) is 5.51. The van der Waals surface area contributed by atoms with E-state index < -0.39 is 11.9 Å². The van der Waals surface area contributed by atoms with Gasteiger partial charge in [0.15, 0.2) is 0 Å². The highest BCUT2D eigenvalue weighted by Gasteiger charge is 2.18. The van der Waals surface area contributed by atoms with Crippen LogP contribution in [0.25, 0.3) is 27.4 Å². The predicted molar refractivity (Wildman–Crippen MR) is 113 cm³/mol. The van der Waals surface area contributed by atoms with E-state index in [0.717, 1.165) is 27.4 Å². The minimum atomic E-state index is -0.961. The Morgan fingerprint density at radius 2 is 2.00 bits per heavy atom. The van der Waals surface area contributed by atoms with Crippen LogP contribution in [0.1, 0.15) is 12.6 Å². The van der Waals surface area contributed by atoms with Gasteiger partial charge in [-0.2, -0.15) is 5.10 Å². The second-order valence-corrected chi connectivity index (χ2v) is 7.16. The van der Waals surface area contributed by atoms with Gasteiger partial charge in [-0.1, -0.05) is 41.9 Å². The second kappa shape index (κ2) is 7.72. The van der Waals surface area contributed by atoms with E-state index in [1.165, 1.54) is 17.0 Å². The maximum Gasteiger partial charge on any atom is 0.407 e. The van der Waals surface area contributed by atoms with E-state index in [-0.39, 0.29) is 5.02 Å². The van der Waals surface area contributed by atoms with Crippen molar-refractivity contribution >= 4 is 39.4 Å². The van der Waals surface area contributed by atoms with Crippen molar-refractivity contribution in [1.82, 2.24) is 14.7 Å². The topological polar surface area (TPSA) is 58.4 Å². The third-order valence-electron chi connectivity index (χ3n) is 5.08. The molecule has 1 N–H and O–H groups in total. The van der Waals surface area contributed by atoms with Crippen LogP contribution in [-0.4, -0.2) is 39.0 Å². The lowest BCUT2D eigenvalue weighted by Gasteiger charge is -2.17. The van der Waals surface area contributed by atoms with Crippen LogP contribution < -0.4 is 0 Å². The first-order chi connectivity index (χ1) is 14.0. The molecule has 0 radical (unpaired) electrons. The fourth-order valence-electron chi connectivity index (χ4n) is 3.61. The monoisotopic (exact) mass is 411 g/mol. The summed E-state index contributed by atoms with van der Waals surface area (Å²) in [4.78, 5) is 12.8. The van der Waals surface area contributed by atoms with Crippen molar-refractivity contribution in [2.45, 2.75) is 13.3 Å². The molecule has 0 unspecified atom stereocenters. The van der Waals surface area contributed by atoms with Crippen LogP contribution in [0.4, 0.5) is 9.18 Å². The molecule has 0 atom stereocenters. The Morgan fingerprint density at radius 3 is 2.72 bits per heavy atom. The van der Waals surface area contributed by atoms with Crippen molar-refractivity contribution in [2.24, 2.45) is 0 Å². The van der Waals surface area contributed by atoms with Crippen molar-refractivity contribution in [3.8, 4) is 5.69 Å². The number of benzene rings is 3. The molecule has 4 aromatic rings. The maximum absolute atomic E-state index is 13.7. The van der Waals surface area contributed by atoms with Crippen LogP contribution >= 0.6 is 11.6 Å². The van der Waals surface area contributed by atoms with E-state index in [2.05, 4.69) is 0 Å². The van der Waals surface area contributed by atoms with Gasteiger partial charge in [0.25, 0.3) is 0 Å². The molecule has 1 heterocycles. The van der Waals surface area contributed by atoms with Gasteiger partial charge in [-0.05, 0) is 42.0 Å². The van der Waals surface area contributed by atoms with Gasteiger partial charge in [0.05, 0.1) is 21.9 Å². The molecule has 0 aliphatic carbocycles. The Kier molecular flexibility index (Phi) is 5.11. The van der Waals surface area contributed by atoms with E-state index in [1.807, 2.05) is 36.4 Å². The first-order valence-corrected chi connectivity index (χ1v) is 9.70. The lowest BCUT2D eigenvalue weighted by atomic mass is 10.0. The largest absolute Gasteiger partial charge is 0.465 e. The number of aromatic nitrogens is 2. The molecule has 0 aliphatic heterocycles. The summed E-state index contributed by atoms with van der Waals surface area (Å²) >= 11 is 6.00. The summed E-state index contributed by atoms with van der Waals surface area (Å²) < 4.78 is 15.4. The Hall–Kier alpha value is -3.12. The summed E-state index contributed by atoms with van der Waals surface area (Å²) in [6.07, 6.45) is -0.503. The van der Waals surface area contributed by atoms with Crippen LogP contribution in [0, 0.1) is 5.82 Å². The number of hydrogen-bond donors (Lipinski definition) is 1. The normalized spacial score (nSPS) is 11.3. The number of carbonyl (C=O) groups is 1.